The molecule has 0 spiro atoms. The van der Waals surface area contributed by atoms with E-state index >= 15 is 0 Å². The Kier molecular flexibility index (Phi) is 6.59. The van der Waals surface area contributed by atoms with Crippen LogP contribution in [0.2, 0.25) is 0 Å². The molecule has 0 bridgehead atoms. The monoisotopic (exact) mass is 187 g/mol. The van der Waals surface area contributed by atoms with Gasteiger partial charge in [-0.1, -0.05) is 20.3 Å². The molecule has 13 heavy (non-hydrogen) atoms. The minimum Gasteiger partial charge on any atom is -0.469 e. The van der Waals surface area contributed by atoms with Gasteiger partial charge in [-0.3, -0.25) is 4.79 Å². The van der Waals surface area contributed by atoms with Crippen molar-refractivity contribution in [1.29, 1.82) is 0 Å². The van der Waals surface area contributed by atoms with Gasteiger partial charge in [-0.05, 0) is 19.9 Å². The number of carbonyl (C=O) groups is 1. The summed E-state index contributed by atoms with van der Waals surface area (Å²) in [5.74, 6) is -0.106. The van der Waals surface area contributed by atoms with Crippen LogP contribution in [0.25, 0.3) is 0 Å². The fourth-order valence-electron chi connectivity index (χ4n) is 1.62. The standard InChI is InChI=1S/C10H21NO2/c1-5-7-9(11-3)8(6-2)10(12)13-4/h8-9,11H,5-7H2,1-4H3. The van der Waals surface area contributed by atoms with Crippen LogP contribution in [0.1, 0.15) is 33.1 Å². The van der Waals surface area contributed by atoms with Crippen molar-refractivity contribution in [3.63, 3.8) is 0 Å². The van der Waals surface area contributed by atoms with Crippen LogP contribution in [0, 0.1) is 5.92 Å². The predicted molar refractivity (Wildman–Crippen MR) is 53.6 cm³/mol. The van der Waals surface area contributed by atoms with Gasteiger partial charge < -0.3 is 10.1 Å². The number of nitrogens with one attached hydrogen (secondary N) is 1. The largest absolute Gasteiger partial charge is 0.469 e. The molecule has 1 N–H and O–H groups in total. The number of esters is 1. The first kappa shape index (κ1) is 12.4. The van der Waals surface area contributed by atoms with Crippen molar-refractivity contribution >= 4 is 5.97 Å². The Morgan fingerprint density at radius 3 is 2.38 bits per heavy atom. The molecule has 0 heterocycles. The van der Waals surface area contributed by atoms with Crippen LogP contribution in [-0.2, 0) is 9.53 Å². The maximum absolute atomic E-state index is 11.4. The smallest absolute Gasteiger partial charge is 0.310 e. The van der Waals surface area contributed by atoms with Gasteiger partial charge in [0.2, 0.25) is 0 Å². The molecule has 0 radical (unpaired) electrons. The Morgan fingerprint density at radius 2 is 2.08 bits per heavy atom. The minimum atomic E-state index is -0.102. The first-order valence-corrected chi connectivity index (χ1v) is 4.96. The van der Waals surface area contributed by atoms with Crippen molar-refractivity contribution in [2.45, 2.75) is 39.2 Å². The van der Waals surface area contributed by atoms with E-state index in [1.807, 2.05) is 14.0 Å². The van der Waals surface area contributed by atoms with Gasteiger partial charge in [0.15, 0.2) is 0 Å². The zero-order valence-electron chi connectivity index (χ0n) is 9.09. The molecule has 0 saturated heterocycles. The van der Waals surface area contributed by atoms with E-state index in [0.29, 0.717) is 0 Å². The van der Waals surface area contributed by atoms with E-state index in [0.717, 1.165) is 19.3 Å². The van der Waals surface area contributed by atoms with Crippen LogP contribution in [-0.4, -0.2) is 26.2 Å². The van der Waals surface area contributed by atoms with Crippen LogP contribution < -0.4 is 5.32 Å². The fourth-order valence-corrected chi connectivity index (χ4v) is 1.62. The van der Waals surface area contributed by atoms with Gasteiger partial charge >= 0.3 is 5.97 Å². The minimum absolute atomic E-state index is 0.00468. The average molecular weight is 187 g/mol. The number of rotatable bonds is 6. The topological polar surface area (TPSA) is 38.3 Å². The Balaban J connectivity index is 4.23. The molecule has 3 heteroatoms. The Bertz CT molecular complexity index is 148. The maximum atomic E-state index is 11.4. The molecule has 2 unspecified atom stereocenters. The number of hydrogen-bond donors (Lipinski definition) is 1. The van der Waals surface area contributed by atoms with E-state index in [-0.39, 0.29) is 17.9 Å². The molecular formula is C10H21NO2. The summed E-state index contributed by atoms with van der Waals surface area (Å²) in [6.07, 6.45) is 2.93. The van der Waals surface area contributed by atoms with Crippen molar-refractivity contribution in [3.8, 4) is 0 Å². The molecule has 0 amide bonds. The van der Waals surface area contributed by atoms with Crippen molar-refractivity contribution < 1.29 is 9.53 Å². The second-order valence-electron chi connectivity index (χ2n) is 3.22. The third-order valence-corrected chi connectivity index (χ3v) is 2.40. The molecule has 2 atom stereocenters. The number of ether oxygens (including phenoxy) is 1. The molecule has 0 aliphatic carbocycles. The molecular weight excluding hydrogens is 166 g/mol. The molecule has 0 aromatic rings. The van der Waals surface area contributed by atoms with Crippen LogP contribution in [0.4, 0.5) is 0 Å². The lowest BCUT2D eigenvalue weighted by Gasteiger charge is -2.23. The molecule has 0 fully saturated rings. The Morgan fingerprint density at radius 1 is 1.46 bits per heavy atom. The zero-order chi connectivity index (χ0) is 10.3. The first-order chi connectivity index (χ1) is 6.21. The van der Waals surface area contributed by atoms with Gasteiger partial charge in [0.1, 0.15) is 0 Å². The highest BCUT2D eigenvalue weighted by Gasteiger charge is 2.25. The molecule has 0 aliphatic heterocycles. The predicted octanol–water partition coefficient (Wildman–Crippen LogP) is 1.57. The Labute approximate surface area is 80.8 Å². The van der Waals surface area contributed by atoms with Crippen LogP contribution in [0.15, 0.2) is 0 Å². The SMILES string of the molecule is CCCC(NC)C(CC)C(=O)OC. The molecule has 3 nitrogen and oxygen atoms in total. The molecule has 78 valence electrons. The van der Waals surface area contributed by atoms with Gasteiger partial charge in [-0.2, -0.15) is 0 Å². The summed E-state index contributed by atoms with van der Waals surface area (Å²) in [5, 5.41) is 3.17. The summed E-state index contributed by atoms with van der Waals surface area (Å²) in [6, 6.07) is 0.252. The summed E-state index contributed by atoms with van der Waals surface area (Å²) in [4.78, 5) is 11.4. The lowest BCUT2D eigenvalue weighted by atomic mass is 9.93. The van der Waals surface area contributed by atoms with E-state index in [1.165, 1.54) is 7.11 Å². The van der Waals surface area contributed by atoms with E-state index in [9.17, 15) is 4.79 Å². The van der Waals surface area contributed by atoms with Crippen LogP contribution in [0.3, 0.4) is 0 Å². The average Bonchev–Trinajstić information content (AvgIpc) is 2.17. The van der Waals surface area contributed by atoms with Crippen molar-refractivity contribution in [2.24, 2.45) is 5.92 Å². The van der Waals surface area contributed by atoms with E-state index in [2.05, 4.69) is 12.2 Å². The van der Waals surface area contributed by atoms with Crippen molar-refractivity contribution in [1.82, 2.24) is 5.32 Å². The molecule has 0 saturated carbocycles. The van der Waals surface area contributed by atoms with E-state index in [4.69, 9.17) is 4.74 Å². The zero-order valence-corrected chi connectivity index (χ0v) is 9.09. The van der Waals surface area contributed by atoms with Gasteiger partial charge in [0.25, 0.3) is 0 Å². The molecule has 0 rings (SSSR count). The second-order valence-corrected chi connectivity index (χ2v) is 3.22. The normalized spacial score (nSPS) is 15.1. The summed E-state index contributed by atoms with van der Waals surface area (Å²) in [6.45, 7) is 4.13. The van der Waals surface area contributed by atoms with E-state index < -0.39 is 0 Å². The van der Waals surface area contributed by atoms with Crippen LogP contribution >= 0.6 is 0 Å². The molecule has 0 aliphatic rings. The molecule has 0 aromatic heterocycles. The maximum Gasteiger partial charge on any atom is 0.310 e. The van der Waals surface area contributed by atoms with Gasteiger partial charge in [0, 0.05) is 6.04 Å². The third-order valence-electron chi connectivity index (χ3n) is 2.40. The first-order valence-electron chi connectivity index (χ1n) is 4.96. The number of methoxy groups -OCH3 is 1. The highest BCUT2D eigenvalue weighted by atomic mass is 16.5. The fraction of sp³-hybridized carbons (Fsp3) is 0.900. The van der Waals surface area contributed by atoms with E-state index in [1.54, 1.807) is 0 Å². The third kappa shape index (κ3) is 3.77. The van der Waals surface area contributed by atoms with Crippen molar-refractivity contribution in [3.05, 3.63) is 0 Å². The lowest BCUT2D eigenvalue weighted by Crippen LogP contribution is -2.38. The van der Waals surface area contributed by atoms with Gasteiger partial charge in [-0.15, -0.1) is 0 Å². The van der Waals surface area contributed by atoms with Gasteiger partial charge in [-0.25, -0.2) is 0 Å². The highest BCUT2D eigenvalue weighted by molar-refractivity contribution is 5.73. The summed E-state index contributed by atoms with van der Waals surface area (Å²) in [5.41, 5.74) is 0. The summed E-state index contributed by atoms with van der Waals surface area (Å²) < 4.78 is 4.75. The van der Waals surface area contributed by atoms with Crippen LogP contribution in [0.5, 0.6) is 0 Å². The summed E-state index contributed by atoms with van der Waals surface area (Å²) >= 11 is 0. The molecule has 0 aromatic carbocycles. The lowest BCUT2D eigenvalue weighted by molar-refractivity contribution is -0.146. The summed E-state index contributed by atoms with van der Waals surface area (Å²) in [7, 11) is 3.34. The quantitative estimate of drug-likeness (QED) is 0.641. The number of carbonyl (C=O) groups excluding carboxylic acids is 1. The Hall–Kier alpha value is -0.570. The number of hydrogen-bond acceptors (Lipinski definition) is 3. The second kappa shape index (κ2) is 6.89. The highest BCUT2D eigenvalue weighted by Crippen LogP contribution is 2.14. The van der Waals surface area contributed by atoms with Gasteiger partial charge in [0.05, 0.1) is 13.0 Å². The van der Waals surface area contributed by atoms with Crippen molar-refractivity contribution in [2.75, 3.05) is 14.2 Å².